The molecule has 0 aliphatic carbocycles. The molecule has 1 aromatic rings. The van der Waals surface area contributed by atoms with E-state index >= 15 is 0 Å². The van der Waals surface area contributed by atoms with Crippen LogP contribution in [-0.2, 0) is 14.3 Å². The van der Waals surface area contributed by atoms with Gasteiger partial charge in [0.2, 0.25) is 5.91 Å². The third-order valence-corrected chi connectivity index (χ3v) is 2.27. The number of furan rings is 1. The van der Waals surface area contributed by atoms with Crippen LogP contribution >= 0.6 is 0 Å². The molecule has 0 spiro atoms. The molecule has 104 valence electrons. The normalized spacial score (nSPS) is 9.74. The lowest BCUT2D eigenvalue weighted by atomic mass is 10.3. The van der Waals surface area contributed by atoms with E-state index in [1.807, 2.05) is 0 Å². The maximum Gasteiger partial charge on any atom is 0.325 e. The molecule has 1 heterocycles. The number of hydrogen-bond acceptors (Lipinski definition) is 5. The fourth-order valence-electron chi connectivity index (χ4n) is 1.28. The Bertz CT molecular complexity index is 427. The third-order valence-electron chi connectivity index (χ3n) is 2.27. The summed E-state index contributed by atoms with van der Waals surface area (Å²) in [4.78, 5) is 33.5. The summed E-state index contributed by atoms with van der Waals surface area (Å²) in [7, 11) is 1.25. The van der Waals surface area contributed by atoms with Crippen molar-refractivity contribution in [2.24, 2.45) is 0 Å². The number of rotatable bonds is 7. The van der Waals surface area contributed by atoms with E-state index < -0.39 is 5.97 Å². The quantitative estimate of drug-likeness (QED) is 0.539. The predicted molar refractivity (Wildman–Crippen MR) is 65.3 cm³/mol. The number of methoxy groups -OCH3 is 1. The van der Waals surface area contributed by atoms with Crippen molar-refractivity contribution in [1.29, 1.82) is 0 Å². The van der Waals surface area contributed by atoms with Crippen molar-refractivity contribution in [3.8, 4) is 0 Å². The molecular weight excluding hydrogens is 252 g/mol. The molecule has 1 aromatic heterocycles. The summed E-state index contributed by atoms with van der Waals surface area (Å²) < 4.78 is 9.29. The molecular formula is C12H16N2O5. The first-order valence-electron chi connectivity index (χ1n) is 5.78. The fraction of sp³-hybridized carbons (Fsp3) is 0.417. The van der Waals surface area contributed by atoms with Crippen molar-refractivity contribution in [3.63, 3.8) is 0 Å². The van der Waals surface area contributed by atoms with Crippen LogP contribution in [0.5, 0.6) is 0 Å². The van der Waals surface area contributed by atoms with Crippen LogP contribution in [0.15, 0.2) is 22.8 Å². The molecule has 0 atom stereocenters. The summed E-state index contributed by atoms with van der Waals surface area (Å²) in [5.41, 5.74) is 0. The second-order valence-corrected chi connectivity index (χ2v) is 3.69. The van der Waals surface area contributed by atoms with Gasteiger partial charge in [0.1, 0.15) is 6.54 Å². The smallest absolute Gasteiger partial charge is 0.325 e. The number of esters is 1. The predicted octanol–water partition coefficient (Wildman–Crippen LogP) is 0.0788. The molecule has 0 aliphatic heterocycles. The Morgan fingerprint density at radius 3 is 2.74 bits per heavy atom. The summed E-state index contributed by atoms with van der Waals surface area (Å²) in [5.74, 6) is -0.854. The van der Waals surface area contributed by atoms with Gasteiger partial charge in [-0.25, -0.2) is 0 Å². The van der Waals surface area contributed by atoms with Crippen LogP contribution in [0.2, 0.25) is 0 Å². The van der Waals surface area contributed by atoms with Gasteiger partial charge in [0.15, 0.2) is 5.76 Å². The molecule has 19 heavy (non-hydrogen) atoms. The minimum atomic E-state index is -0.500. The molecule has 0 radical (unpaired) electrons. The van der Waals surface area contributed by atoms with Crippen LogP contribution in [0.3, 0.4) is 0 Å². The Hall–Kier alpha value is -2.31. The average Bonchev–Trinajstić information content (AvgIpc) is 2.94. The summed E-state index contributed by atoms with van der Waals surface area (Å²) in [6, 6.07) is 3.17. The van der Waals surface area contributed by atoms with Crippen molar-refractivity contribution in [2.45, 2.75) is 12.8 Å². The Balaban J connectivity index is 2.09. The van der Waals surface area contributed by atoms with Gasteiger partial charge in [-0.1, -0.05) is 0 Å². The van der Waals surface area contributed by atoms with Gasteiger partial charge in [-0.05, 0) is 18.6 Å². The molecule has 7 nitrogen and oxygen atoms in total. The van der Waals surface area contributed by atoms with E-state index in [1.165, 1.54) is 13.4 Å². The van der Waals surface area contributed by atoms with Crippen molar-refractivity contribution >= 4 is 17.8 Å². The number of nitrogens with one attached hydrogen (secondary N) is 2. The monoisotopic (exact) mass is 268 g/mol. The van der Waals surface area contributed by atoms with E-state index in [4.69, 9.17) is 4.42 Å². The first kappa shape index (κ1) is 14.7. The molecule has 2 N–H and O–H groups in total. The van der Waals surface area contributed by atoms with E-state index in [2.05, 4.69) is 15.4 Å². The SMILES string of the molecule is COC(=O)CNC(=O)CCCNC(=O)c1ccco1. The minimum Gasteiger partial charge on any atom is -0.468 e. The van der Waals surface area contributed by atoms with Gasteiger partial charge in [0.25, 0.3) is 5.91 Å². The van der Waals surface area contributed by atoms with Gasteiger partial charge in [-0.15, -0.1) is 0 Å². The highest BCUT2D eigenvalue weighted by Crippen LogP contribution is 1.99. The van der Waals surface area contributed by atoms with Gasteiger partial charge in [0.05, 0.1) is 13.4 Å². The standard InChI is InChI=1S/C12H16N2O5/c1-18-11(16)8-14-10(15)5-2-6-13-12(17)9-4-3-7-19-9/h3-4,7H,2,5-6,8H2,1H3,(H,13,17)(H,14,15). The number of amides is 2. The Labute approximate surface area is 110 Å². The van der Waals surface area contributed by atoms with E-state index in [9.17, 15) is 14.4 Å². The van der Waals surface area contributed by atoms with Crippen molar-refractivity contribution < 1.29 is 23.5 Å². The Kier molecular flexibility index (Phi) is 6.14. The van der Waals surface area contributed by atoms with Crippen LogP contribution in [0, 0.1) is 0 Å². The van der Waals surface area contributed by atoms with Crippen LogP contribution in [0.25, 0.3) is 0 Å². The summed E-state index contributed by atoms with van der Waals surface area (Å²) >= 11 is 0. The number of carbonyl (C=O) groups excluding carboxylic acids is 3. The van der Waals surface area contributed by atoms with Crippen LogP contribution in [-0.4, -0.2) is 38.0 Å². The van der Waals surface area contributed by atoms with Crippen LogP contribution < -0.4 is 10.6 Å². The molecule has 1 rings (SSSR count). The highest BCUT2D eigenvalue weighted by Gasteiger charge is 2.08. The molecule has 7 heteroatoms. The molecule has 0 unspecified atom stereocenters. The van der Waals surface area contributed by atoms with Crippen LogP contribution in [0.1, 0.15) is 23.4 Å². The maximum atomic E-state index is 11.4. The minimum absolute atomic E-state index is 0.145. The van der Waals surface area contributed by atoms with Crippen molar-refractivity contribution in [2.75, 3.05) is 20.2 Å². The topological polar surface area (TPSA) is 97.6 Å². The zero-order valence-corrected chi connectivity index (χ0v) is 10.6. The average molecular weight is 268 g/mol. The number of carbonyl (C=O) groups is 3. The summed E-state index contributed by atoms with van der Waals surface area (Å²) in [6.07, 6.45) is 2.10. The Morgan fingerprint density at radius 2 is 2.11 bits per heavy atom. The van der Waals surface area contributed by atoms with Gasteiger partial charge in [0, 0.05) is 13.0 Å². The molecule has 0 fully saturated rings. The second-order valence-electron chi connectivity index (χ2n) is 3.69. The number of ether oxygens (including phenoxy) is 1. The largest absolute Gasteiger partial charge is 0.468 e. The van der Waals surface area contributed by atoms with Gasteiger partial charge in [-0.2, -0.15) is 0 Å². The fourth-order valence-corrected chi connectivity index (χ4v) is 1.28. The maximum absolute atomic E-state index is 11.4. The van der Waals surface area contributed by atoms with E-state index in [0.717, 1.165) is 0 Å². The van der Waals surface area contributed by atoms with Gasteiger partial charge < -0.3 is 19.8 Å². The highest BCUT2D eigenvalue weighted by molar-refractivity contribution is 5.91. The van der Waals surface area contributed by atoms with Crippen LogP contribution in [0.4, 0.5) is 0 Å². The lowest BCUT2D eigenvalue weighted by molar-refractivity contribution is -0.141. The molecule has 2 amide bonds. The lowest BCUT2D eigenvalue weighted by Gasteiger charge is -2.04. The lowest BCUT2D eigenvalue weighted by Crippen LogP contribution is -2.31. The molecule has 0 saturated heterocycles. The van der Waals surface area contributed by atoms with Gasteiger partial charge in [-0.3, -0.25) is 14.4 Å². The van der Waals surface area contributed by atoms with Crippen molar-refractivity contribution in [3.05, 3.63) is 24.2 Å². The first-order chi connectivity index (χ1) is 9.13. The van der Waals surface area contributed by atoms with Gasteiger partial charge >= 0.3 is 5.97 Å². The van der Waals surface area contributed by atoms with Crippen molar-refractivity contribution in [1.82, 2.24) is 10.6 Å². The second kappa shape index (κ2) is 7.91. The zero-order chi connectivity index (χ0) is 14.1. The molecule has 0 saturated carbocycles. The summed E-state index contributed by atoms with van der Waals surface area (Å²) in [5, 5.41) is 5.02. The first-order valence-corrected chi connectivity index (χ1v) is 5.78. The third kappa shape index (κ3) is 5.71. The van der Waals surface area contributed by atoms with E-state index in [-0.39, 0.29) is 30.5 Å². The Morgan fingerprint density at radius 1 is 1.32 bits per heavy atom. The van der Waals surface area contributed by atoms with E-state index in [0.29, 0.717) is 13.0 Å². The molecule has 0 aromatic carbocycles. The number of hydrogen-bond donors (Lipinski definition) is 2. The molecule has 0 aliphatic rings. The zero-order valence-electron chi connectivity index (χ0n) is 10.6. The molecule has 0 bridgehead atoms. The summed E-state index contributed by atoms with van der Waals surface area (Å²) in [6.45, 7) is 0.208. The highest BCUT2D eigenvalue weighted by atomic mass is 16.5. The van der Waals surface area contributed by atoms with E-state index in [1.54, 1.807) is 12.1 Å².